The van der Waals surface area contributed by atoms with Crippen molar-refractivity contribution in [3.05, 3.63) is 40.9 Å². The van der Waals surface area contributed by atoms with Crippen molar-refractivity contribution < 1.29 is 4.74 Å². The van der Waals surface area contributed by atoms with Crippen LogP contribution < -0.4 is 0 Å². The maximum Gasteiger partial charge on any atom is 0.156 e. The molecule has 1 aromatic carbocycles. The van der Waals surface area contributed by atoms with Gasteiger partial charge in [-0.25, -0.2) is 9.67 Å². The van der Waals surface area contributed by atoms with Crippen LogP contribution in [0.4, 0.5) is 0 Å². The minimum atomic E-state index is 0.323. The molecule has 0 bridgehead atoms. The van der Waals surface area contributed by atoms with Crippen LogP contribution in [0.15, 0.2) is 24.3 Å². The largest absolute Gasteiger partial charge is 0.381 e. The SMILES string of the molecule is Cc1nc(C2CCOC2)nn1-c1cccc(Cl)c1. The highest BCUT2D eigenvalue weighted by Gasteiger charge is 2.23. The highest BCUT2D eigenvalue weighted by molar-refractivity contribution is 6.30. The molecule has 0 aliphatic carbocycles. The molecule has 1 saturated heterocycles. The first kappa shape index (κ1) is 11.7. The average molecular weight is 264 g/mol. The Morgan fingerprint density at radius 1 is 1.44 bits per heavy atom. The molecule has 3 rings (SSSR count). The predicted octanol–water partition coefficient (Wildman–Crippen LogP) is 2.73. The van der Waals surface area contributed by atoms with E-state index in [1.54, 1.807) is 0 Å². The Balaban J connectivity index is 1.97. The summed E-state index contributed by atoms with van der Waals surface area (Å²) in [5.41, 5.74) is 0.942. The van der Waals surface area contributed by atoms with Gasteiger partial charge in [-0.1, -0.05) is 17.7 Å². The fourth-order valence-electron chi connectivity index (χ4n) is 2.17. The number of ether oxygens (including phenoxy) is 1. The summed E-state index contributed by atoms with van der Waals surface area (Å²) < 4.78 is 7.21. The first-order valence-corrected chi connectivity index (χ1v) is 6.39. The van der Waals surface area contributed by atoms with Gasteiger partial charge in [-0.2, -0.15) is 5.10 Å². The molecule has 0 N–H and O–H groups in total. The van der Waals surface area contributed by atoms with E-state index in [-0.39, 0.29) is 0 Å². The van der Waals surface area contributed by atoms with Crippen molar-refractivity contribution in [2.45, 2.75) is 19.3 Å². The van der Waals surface area contributed by atoms with E-state index in [0.29, 0.717) is 10.9 Å². The topological polar surface area (TPSA) is 39.9 Å². The molecule has 18 heavy (non-hydrogen) atoms. The Kier molecular flexibility index (Phi) is 3.06. The van der Waals surface area contributed by atoms with Crippen LogP contribution in [-0.2, 0) is 4.74 Å². The Hall–Kier alpha value is -1.39. The molecule has 1 aromatic heterocycles. The van der Waals surface area contributed by atoms with Crippen molar-refractivity contribution >= 4 is 11.6 Å². The zero-order chi connectivity index (χ0) is 12.5. The number of aromatic nitrogens is 3. The standard InChI is InChI=1S/C13H14ClN3O/c1-9-15-13(10-5-6-18-8-10)16-17(9)12-4-2-3-11(14)7-12/h2-4,7,10H,5-6,8H2,1H3. The van der Waals surface area contributed by atoms with Gasteiger partial charge < -0.3 is 4.74 Å². The zero-order valence-electron chi connectivity index (χ0n) is 10.1. The van der Waals surface area contributed by atoms with Gasteiger partial charge in [0, 0.05) is 17.5 Å². The summed E-state index contributed by atoms with van der Waals surface area (Å²) >= 11 is 6.00. The molecule has 2 heterocycles. The molecule has 0 spiro atoms. The summed E-state index contributed by atoms with van der Waals surface area (Å²) in [5.74, 6) is 2.06. The van der Waals surface area contributed by atoms with Crippen molar-refractivity contribution in [3.8, 4) is 5.69 Å². The summed E-state index contributed by atoms with van der Waals surface area (Å²) in [7, 11) is 0. The zero-order valence-corrected chi connectivity index (χ0v) is 10.9. The minimum Gasteiger partial charge on any atom is -0.381 e. The molecule has 2 aromatic rings. The van der Waals surface area contributed by atoms with Gasteiger partial charge in [0.05, 0.1) is 12.3 Å². The lowest BCUT2D eigenvalue weighted by Gasteiger charge is -2.03. The van der Waals surface area contributed by atoms with Crippen LogP contribution in [0.25, 0.3) is 5.69 Å². The summed E-state index contributed by atoms with van der Waals surface area (Å²) in [6, 6.07) is 7.63. The van der Waals surface area contributed by atoms with E-state index in [0.717, 1.165) is 37.0 Å². The third-order valence-electron chi connectivity index (χ3n) is 3.13. The molecule has 1 atom stereocenters. The van der Waals surface area contributed by atoms with Gasteiger partial charge in [0.15, 0.2) is 5.82 Å². The third kappa shape index (κ3) is 2.13. The molecule has 0 radical (unpaired) electrons. The van der Waals surface area contributed by atoms with Gasteiger partial charge in [-0.15, -0.1) is 0 Å². The van der Waals surface area contributed by atoms with Gasteiger partial charge in [0.2, 0.25) is 0 Å². The van der Waals surface area contributed by atoms with Gasteiger partial charge in [-0.05, 0) is 31.5 Å². The van der Waals surface area contributed by atoms with Crippen LogP contribution >= 0.6 is 11.6 Å². The Labute approximate surface area is 111 Å². The molecule has 0 amide bonds. The fraction of sp³-hybridized carbons (Fsp3) is 0.385. The number of rotatable bonds is 2. The van der Waals surface area contributed by atoms with E-state index < -0.39 is 0 Å². The lowest BCUT2D eigenvalue weighted by atomic mass is 10.1. The summed E-state index contributed by atoms with van der Waals surface area (Å²) in [6.45, 7) is 3.47. The minimum absolute atomic E-state index is 0.323. The Morgan fingerprint density at radius 2 is 2.33 bits per heavy atom. The highest BCUT2D eigenvalue weighted by Crippen LogP contribution is 2.24. The van der Waals surface area contributed by atoms with Crippen molar-refractivity contribution in [2.24, 2.45) is 0 Å². The lowest BCUT2D eigenvalue weighted by molar-refractivity contribution is 0.193. The Morgan fingerprint density at radius 3 is 3.06 bits per heavy atom. The number of halogens is 1. The summed E-state index contributed by atoms with van der Waals surface area (Å²) in [5, 5.41) is 5.27. The van der Waals surface area contributed by atoms with Crippen molar-refractivity contribution in [2.75, 3.05) is 13.2 Å². The normalized spacial score (nSPS) is 19.3. The van der Waals surface area contributed by atoms with E-state index in [9.17, 15) is 0 Å². The third-order valence-corrected chi connectivity index (χ3v) is 3.37. The second kappa shape index (κ2) is 4.71. The van der Waals surface area contributed by atoms with Crippen LogP contribution in [0.5, 0.6) is 0 Å². The number of nitrogens with zero attached hydrogens (tertiary/aromatic N) is 3. The van der Waals surface area contributed by atoms with E-state index in [4.69, 9.17) is 16.3 Å². The van der Waals surface area contributed by atoms with Crippen LogP contribution in [0.3, 0.4) is 0 Å². The maximum absolute atomic E-state index is 6.00. The van der Waals surface area contributed by atoms with Crippen LogP contribution in [0.2, 0.25) is 5.02 Å². The van der Waals surface area contributed by atoms with E-state index >= 15 is 0 Å². The first-order chi connectivity index (χ1) is 8.74. The second-order valence-electron chi connectivity index (χ2n) is 4.47. The molecule has 94 valence electrons. The first-order valence-electron chi connectivity index (χ1n) is 6.01. The molecule has 1 aliphatic rings. The highest BCUT2D eigenvalue weighted by atomic mass is 35.5. The number of hydrogen-bond donors (Lipinski definition) is 0. The van der Waals surface area contributed by atoms with E-state index in [2.05, 4.69) is 10.1 Å². The molecular weight excluding hydrogens is 250 g/mol. The van der Waals surface area contributed by atoms with Crippen LogP contribution in [0, 0.1) is 6.92 Å². The summed E-state index contributed by atoms with van der Waals surface area (Å²) in [6.07, 6.45) is 0.999. The molecule has 4 nitrogen and oxygen atoms in total. The molecule has 1 unspecified atom stereocenters. The quantitative estimate of drug-likeness (QED) is 0.836. The van der Waals surface area contributed by atoms with Crippen molar-refractivity contribution in [3.63, 3.8) is 0 Å². The average Bonchev–Trinajstić information content (AvgIpc) is 2.97. The molecule has 1 aliphatic heterocycles. The number of aryl methyl sites for hydroxylation is 1. The van der Waals surface area contributed by atoms with E-state index in [1.807, 2.05) is 35.9 Å². The van der Waals surface area contributed by atoms with Crippen LogP contribution in [0.1, 0.15) is 24.0 Å². The molecule has 1 fully saturated rings. The monoisotopic (exact) mass is 263 g/mol. The van der Waals surface area contributed by atoms with E-state index in [1.165, 1.54) is 0 Å². The second-order valence-corrected chi connectivity index (χ2v) is 4.91. The smallest absolute Gasteiger partial charge is 0.156 e. The summed E-state index contributed by atoms with van der Waals surface area (Å²) in [4.78, 5) is 4.53. The lowest BCUT2D eigenvalue weighted by Crippen LogP contribution is -2.02. The predicted molar refractivity (Wildman–Crippen MR) is 69.3 cm³/mol. The Bertz CT molecular complexity index is 561. The molecule has 5 heteroatoms. The maximum atomic E-state index is 6.00. The number of benzene rings is 1. The van der Waals surface area contributed by atoms with Gasteiger partial charge >= 0.3 is 0 Å². The number of hydrogen-bond acceptors (Lipinski definition) is 3. The molecular formula is C13H14ClN3O. The van der Waals surface area contributed by atoms with Crippen molar-refractivity contribution in [1.29, 1.82) is 0 Å². The van der Waals surface area contributed by atoms with Gasteiger partial charge in [0.1, 0.15) is 5.82 Å². The van der Waals surface area contributed by atoms with Gasteiger partial charge in [0.25, 0.3) is 0 Å². The van der Waals surface area contributed by atoms with Crippen molar-refractivity contribution in [1.82, 2.24) is 14.8 Å². The van der Waals surface area contributed by atoms with Gasteiger partial charge in [-0.3, -0.25) is 0 Å². The van der Waals surface area contributed by atoms with Crippen LogP contribution in [-0.4, -0.2) is 28.0 Å². The molecule has 0 saturated carbocycles. The fourth-order valence-corrected chi connectivity index (χ4v) is 2.36.